The van der Waals surface area contributed by atoms with E-state index in [1.54, 1.807) is 12.3 Å². The van der Waals surface area contributed by atoms with Crippen molar-refractivity contribution >= 4 is 11.8 Å². The zero-order chi connectivity index (χ0) is 12.5. The van der Waals surface area contributed by atoms with Gasteiger partial charge in [-0.3, -0.25) is 0 Å². The Morgan fingerprint density at radius 3 is 3.11 bits per heavy atom. The quantitative estimate of drug-likeness (QED) is 0.805. The van der Waals surface area contributed by atoms with E-state index in [0.717, 1.165) is 19.3 Å². The van der Waals surface area contributed by atoms with E-state index in [0.29, 0.717) is 11.9 Å². The number of nitrogens with zero attached hydrogens (tertiary/aromatic N) is 2. The summed E-state index contributed by atoms with van der Waals surface area (Å²) in [5.41, 5.74) is 0. The molecule has 0 radical (unpaired) electrons. The smallest absolute Gasteiger partial charge is 0.376 e. The monoisotopic (exact) mass is 249 g/mol. The largest absolute Gasteiger partial charge is 0.463 e. The maximum Gasteiger partial charge on any atom is 0.376 e. The van der Waals surface area contributed by atoms with Crippen LogP contribution in [0.1, 0.15) is 29.9 Å². The summed E-state index contributed by atoms with van der Waals surface area (Å²) < 4.78 is 10.4. The molecule has 3 atom stereocenters. The average molecular weight is 249 g/mol. The predicted octanol–water partition coefficient (Wildman–Crippen LogP) is 0.995. The van der Waals surface area contributed by atoms with Crippen LogP contribution in [0.15, 0.2) is 12.3 Å². The number of anilines is 1. The molecular weight excluding hydrogens is 234 g/mol. The Hall–Kier alpha value is -1.69. The molecule has 2 bridgehead atoms. The van der Waals surface area contributed by atoms with E-state index in [2.05, 4.69) is 20.0 Å². The highest BCUT2D eigenvalue weighted by molar-refractivity contribution is 5.85. The molecule has 3 unspecified atom stereocenters. The second kappa shape index (κ2) is 4.53. The van der Waals surface area contributed by atoms with Gasteiger partial charge in [0.05, 0.1) is 25.4 Å². The molecule has 0 aromatic carbocycles. The maximum absolute atomic E-state index is 11.3. The Morgan fingerprint density at radius 2 is 2.44 bits per heavy atom. The molecule has 1 N–H and O–H groups in total. The van der Waals surface area contributed by atoms with Crippen molar-refractivity contribution in [3.8, 4) is 0 Å². The summed E-state index contributed by atoms with van der Waals surface area (Å²) in [6.07, 6.45) is 5.45. The number of nitrogens with one attached hydrogen (secondary N) is 1. The van der Waals surface area contributed by atoms with Crippen molar-refractivity contribution in [2.45, 2.75) is 37.5 Å². The zero-order valence-electron chi connectivity index (χ0n) is 10.1. The Bertz CT molecular complexity index is 466. The first-order chi connectivity index (χ1) is 8.76. The Morgan fingerprint density at radius 1 is 1.56 bits per heavy atom. The van der Waals surface area contributed by atoms with E-state index in [-0.39, 0.29) is 18.0 Å². The van der Waals surface area contributed by atoms with Gasteiger partial charge in [-0.15, -0.1) is 0 Å². The van der Waals surface area contributed by atoms with Crippen LogP contribution in [-0.4, -0.2) is 41.3 Å². The molecule has 6 nitrogen and oxygen atoms in total. The van der Waals surface area contributed by atoms with Gasteiger partial charge in [-0.2, -0.15) is 0 Å². The summed E-state index contributed by atoms with van der Waals surface area (Å²) in [7, 11) is 1.32. The molecule has 1 aromatic heterocycles. The lowest BCUT2D eigenvalue weighted by Gasteiger charge is -2.20. The summed E-state index contributed by atoms with van der Waals surface area (Å²) in [5, 5.41) is 3.31. The minimum absolute atomic E-state index is 0.0755. The van der Waals surface area contributed by atoms with Crippen LogP contribution in [-0.2, 0) is 9.47 Å². The first-order valence-electron chi connectivity index (χ1n) is 6.09. The maximum atomic E-state index is 11.3. The van der Waals surface area contributed by atoms with Crippen molar-refractivity contribution in [2.24, 2.45) is 0 Å². The van der Waals surface area contributed by atoms with E-state index in [1.807, 2.05) is 0 Å². The van der Waals surface area contributed by atoms with Gasteiger partial charge in [0.1, 0.15) is 5.82 Å². The molecule has 96 valence electrons. The number of hydrogen-bond donors (Lipinski definition) is 1. The third kappa shape index (κ3) is 2.03. The number of aromatic nitrogens is 2. The number of rotatable bonds is 3. The van der Waals surface area contributed by atoms with E-state index in [9.17, 15) is 4.79 Å². The minimum atomic E-state index is -0.525. The number of hydrogen-bond acceptors (Lipinski definition) is 6. The lowest BCUT2D eigenvalue weighted by molar-refractivity contribution is 0.0587. The fourth-order valence-corrected chi connectivity index (χ4v) is 2.61. The van der Waals surface area contributed by atoms with Crippen LogP contribution in [0.5, 0.6) is 0 Å². The Balaban J connectivity index is 1.71. The van der Waals surface area contributed by atoms with Crippen LogP contribution in [0.4, 0.5) is 5.82 Å². The van der Waals surface area contributed by atoms with Crippen LogP contribution >= 0.6 is 0 Å². The van der Waals surface area contributed by atoms with Crippen LogP contribution < -0.4 is 5.32 Å². The first kappa shape index (κ1) is 11.4. The topological polar surface area (TPSA) is 73.3 Å². The van der Waals surface area contributed by atoms with E-state index in [1.165, 1.54) is 7.11 Å². The Kier molecular flexibility index (Phi) is 2.87. The molecule has 0 spiro atoms. The van der Waals surface area contributed by atoms with Crippen LogP contribution in [0, 0.1) is 0 Å². The third-order valence-corrected chi connectivity index (χ3v) is 3.46. The highest BCUT2D eigenvalue weighted by atomic mass is 16.5. The summed E-state index contributed by atoms with van der Waals surface area (Å²) >= 11 is 0. The van der Waals surface area contributed by atoms with Crippen molar-refractivity contribution in [3.05, 3.63) is 18.1 Å². The third-order valence-electron chi connectivity index (χ3n) is 3.46. The lowest BCUT2D eigenvalue weighted by atomic mass is 9.95. The van der Waals surface area contributed by atoms with Crippen molar-refractivity contribution in [3.63, 3.8) is 0 Å². The minimum Gasteiger partial charge on any atom is -0.463 e. The van der Waals surface area contributed by atoms with Gasteiger partial charge in [0.25, 0.3) is 0 Å². The summed E-state index contributed by atoms with van der Waals surface area (Å²) in [6.45, 7) is 0. The summed E-state index contributed by atoms with van der Waals surface area (Å²) in [6, 6.07) is 2.03. The number of ether oxygens (including phenoxy) is 2. The first-order valence-corrected chi connectivity index (χ1v) is 6.09. The number of carbonyl (C=O) groups excluding carboxylic acids is 1. The van der Waals surface area contributed by atoms with Gasteiger partial charge in [0.2, 0.25) is 5.82 Å². The number of esters is 1. The molecule has 0 saturated carbocycles. The molecule has 2 aliphatic heterocycles. The number of fused-ring (bicyclic) bond motifs is 2. The van der Waals surface area contributed by atoms with Crippen molar-refractivity contribution in [1.82, 2.24) is 9.97 Å². The van der Waals surface area contributed by atoms with E-state index >= 15 is 0 Å². The van der Waals surface area contributed by atoms with Gasteiger partial charge in [-0.05, 0) is 25.3 Å². The van der Waals surface area contributed by atoms with E-state index in [4.69, 9.17) is 4.74 Å². The summed E-state index contributed by atoms with van der Waals surface area (Å²) in [4.78, 5) is 19.3. The zero-order valence-corrected chi connectivity index (χ0v) is 10.1. The molecule has 0 aliphatic carbocycles. The fourth-order valence-electron chi connectivity index (χ4n) is 2.61. The molecule has 2 fully saturated rings. The number of carbonyl (C=O) groups is 1. The Labute approximate surface area is 105 Å². The van der Waals surface area contributed by atoms with Crippen LogP contribution in [0.25, 0.3) is 0 Å². The molecule has 2 saturated heterocycles. The fraction of sp³-hybridized carbons (Fsp3) is 0.583. The van der Waals surface area contributed by atoms with Gasteiger partial charge >= 0.3 is 5.97 Å². The van der Waals surface area contributed by atoms with E-state index < -0.39 is 5.97 Å². The molecule has 3 rings (SSSR count). The molecule has 1 aromatic rings. The van der Waals surface area contributed by atoms with Crippen LogP contribution in [0.2, 0.25) is 0 Å². The number of methoxy groups -OCH3 is 1. The summed E-state index contributed by atoms with van der Waals surface area (Å²) in [5.74, 6) is 0.195. The molecule has 6 heteroatoms. The van der Waals surface area contributed by atoms with Gasteiger partial charge in [-0.25, -0.2) is 14.8 Å². The highest BCUT2D eigenvalue weighted by Crippen LogP contribution is 2.35. The SMILES string of the molecule is COC(=O)c1nccc(NC2CC3CCC2O3)n1. The molecular formula is C12H15N3O3. The van der Waals surface area contributed by atoms with Crippen molar-refractivity contribution in [1.29, 1.82) is 0 Å². The second-order valence-electron chi connectivity index (χ2n) is 4.62. The molecule has 2 aliphatic rings. The van der Waals surface area contributed by atoms with Gasteiger partial charge in [0, 0.05) is 6.20 Å². The van der Waals surface area contributed by atoms with Gasteiger partial charge < -0.3 is 14.8 Å². The normalized spacial score (nSPS) is 29.3. The van der Waals surface area contributed by atoms with Crippen molar-refractivity contribution in [2.75, 3.05) is 12.4 Å². The van der Waals surface area contributed by atoms with Gasteiger partial charge in [0.15, 0.2) is 0 Å². The average Bonchev–Trinajstić information content (AvgIpc) is 3.00. The molecule has 0 amide bonds. The lowest BCUT2D eigenvalue weighted by Crippen LogP contribution is -2.31. The predicted molar refractivity (Wildman–Crippen MR) is 63.3 cm³/mol. The van der Waals surface area contributed by atoms with Crippen LogP contribution in [0.3, 0.4) is 0 Å². The standard InChI is InChI=1S/C12H15N3O3/c1-17-12(16)11-13-5-4-10(15-11)14-8-6-7-2-3-9(8)18-7/h4-5,7-9H,2-3,6H2,1H3,(H,13,14,15). The highest BCUT2D eigenvalue weighted by Gasteiger charge is 2.40. The second-order valence-corrected chi connectivity index (χ2v) is 4.62. The van der Waals surface area contributed by atoms with Crippen molar-refractivity contribution < 1.29 is 14.3 Å². The van der Waals surface area contributed by atoms with Gasteiger partial charge in [-0.1, -0.05) is 0 Å². The molecule has 3 heterocycles. The molecule has 18 heavy (non-hydrogen) atoms.